The second-order valence-electron chi connectivity index (χ2n) is 14.1. The lowest BCUT2D eigenvalue weighted by Crippen LogP contribution is -2.61. The number of benzene rings is 3. The number of hydrogen-bond acceptors (Lipinski definition) is 6. The van der Waals surface area contributed by atoms with Crippen LogP contribution in [-0.4, -0.2) is 31.8 Å². The molecule has 46 heavy (non-hydrogen) atoms. The van der Waals surface area contributed by atoms with Crippen molar-refractivity contribution in [3.05, 3.63) is 82.4 Å². The van der Waals surface area contributed by atoms with E-state index >= 15 is 0 Å². The van der Waals surface area contributed by atoms with E-state index in [9.17, 15) is 23.3 Å². The molecule has 4 atom stereocenters. The van der Waals surface area contributed by atoms with Gasteiger partial charge in [-0.3, -0.25) is 19.2 Å². The zero-order valence-electron chi connectivity index (χ0n) is 26.8. The van der Waals surface area contributed by atoms with E-state index in [2.05, 4.69) is 26.1 Å². The van der Waals surface area contributed by atoms with Crippen LogP contribution in [0.15, 0.2) is 71.6 Å². The van der Waals surface area contributed by atoms with E-state index in [0.29, 0.717) is 41.2 Å². The highest BCUT2D eigenvalue weighted by Crippen LogP contribution is 2.62. The van der Waals surface area contributed by atoms with Crippen LogP contribution in [0.1, 0.15) is 76.1 Å². The van der Waals surface area contributed by atoms with Crippen molar-refractivity contribution in [2.45, 2.75) is 76.7 Å². The van der Waals surface area contributed by atoms with E-state index in [1.165, 1.54) is 35.7 Å². The van der Waals surface area contributed by atoms with E-state index in [1.807, 2.05) is 36.4 Å². The number of sulfonamides is 1. The zero-order chi connectivity index (χ0) is 32.8. The van der Waals surface area contributed by atoms with Crippen molar-refractivity contribution in [1.29, 1.82) is 0 Å². The van der Waals surface area contributed by atoms with Crippen molar-refractivity contribution in [3.63, 3.8) is 0 Å². The molecule has 0 radical (unpaired) electrons. The van der Waals surface area contributed by atoms with Crippen molar-refractivity contribution in [3.8, 4) is 11.1 Å². The summed E-state index contributed by atoms with van der Waals surface area (Å²) in [5, 5.41) is 15.5. The standard InChI is InChI=1S/C36H44N4O5S/c1-23-31-19-28(36(31,2)3)20-33(23)39(29-15-13-26(14-16-29)25-9-11-27(12-10-25)35(37)41)46(44,45)30-17-18-32(34(21-30)40(42)43)38-22-24-7-5-4-6-8-24/h9-18,21,23-24,28,31,33,38H,4-8,19-20,22H2,1-3H3,(H2,37,41)/t23-,28+,31-,33-/m0/s1. The average molecular weight is 645 g/mol. The van der Waals surface area contributed by atoms with Crippen LogP contribution >= 0.6 is 0 Å². The second-order valence-corrected chi connectivity index (χ2v) is 15.9. The normalized spacial score (nSPS) is 24.1. The fourth-order valence-electron chi connectivity index (χ4n) is 8.30. The lowest BCUT2D eigenvalue weighted by atomic mass is 9.44. The Labute approximate surface area is 271 Å². The number of rotatable bonds is 10. The minimum atomic E-state index is -4.18. The van der Waals surface area contributed by atoms with Crippen LogP contribution in [0.2, 0.25) is 0 Å². The van der Waals surface area contributed by atoms with Crippen molar-refractivity contribution >= 4 is 33.0 Å². The van der Waals surface area contributed by atoms with E-state index in [-0.39, 0.29) is 28.0 Å². The Balaban J connectivity index is 1.35. The number of primary amides is 1. The number of nitrogens with zero attached hydrogens (tertiary/aromatic N) is 2. The van der Waals surface area contributed by atoms with Crippen LogP contribution in [0.5, 0.6) is 0 Å². The van der Waals surface area contributed by atoms with Crippen LogP contribution in [0, 0.1) is 39.2 Å². The summed E-state index contributed by atoms with van der Waals surface area (Å²) in [4.78, 5) is 23.2. The molecule has 1 amide bonds. The molecule has 0 heterocycles. The molecule has 10 heteroatoms. The number of nitro groups is 1. The number of fused-ring (bicyclic) bond motifs is 2. The highest BCUT2D eigenvalue weighted by atomic mass is 32.2. The van der Waals surface area contributed by atoms with Crippen molar-refractivity contribution in [1.82, 2.24) is 0 Å². The Morgan fingerprint density at radius 1 is 0.978 bits per heavy atom. The van der Waals surface area contributed by atoms with Crippen molar-refractivity contribution in [2.75, 3.05) is 16.2 Å². The monoisotopic (exact) mass is 644 g/mol. The number of nitro benzene ring substituents is 1. The molecule has 3 aromatic rings. The fourth-order valence-corrected chi connectivity index (χ4v) is 10.1. The first-order valence-electron chi connectivity index (χ1n) is 16.4. The third-order valence-electron chi connectivity index (χ3n) is 11.3. The molecule has 3 N–H and O–H groups in total. The summed E-state index contributed by atoms with van der Waals surface area (Å²) in [5.74, 6) is 0.846. The van der Waals surface area contributed by atoms with Gasteiger partial charge in [0.05, 0.1) is 15.5 Å². The summed E-state index contributed by atoms with van der Waals surface area (Å²) >= 11 is 0. The molecular formula is C36H44N4O5S. The predicted molar refractivity (Wildman–Crippen MR) is 181 cm³/mol. The molecule has 0 spiro atoms. The van der Waals surface area contributed by atoms with Gasteiger partial charge in [-0.15, -0.1) is 0 Å². The van der Waals surface area contributed by atoms with Gasteiger partial charge in [-0.2, -0.15) is 0 Å². The van der Waals surface area contributed by atoms with Gasteiger partial charge in [-0.1, -0.05) is 64.3 Å². The SMILES string of the molecule is C[C@@H]1[C@@H](N(c2ccc(-c3ccc(C(N)=O)cc3)cc2)S(=O)(=O)c2ccc(NCC3CCCCC3)c([N+](=O)[O-])c2)C[C@H]2C[C@@H]1C2(C)C. The summed E-state index contributed by atoms with van der Waals surface area (Å²) in [6.07, 6.45) is 7.57. The summed E-state index contributed by atoms with van der Waals surface area (Å²) in [7, 11) is -4.18. The van der Waals surface area contributed by atoms with Crippen LogP contribution < -0.4 is 15.4 Å². The van der Waals surface area contributed by atoms with Gasteiger partial charge < -0.3 is 11.1 Å². The maximum absolute atomic E-state index is 14.6. The molecule has 4 saturated carbocycles. The molecule has 4 fully saturated rings. The largest absolute Gasteiger partial charge is 0.379 e. The Morgan fingerprint density at radius 2 is 1.61 bits per heavy atom. The second kappa shape index (κ2) is 12.4. The Morgan fingerprint density at radius 3 is 2.17 bits per heavy atom. The van der Waals surface area contributed by atoms with Gasteiger partial charge in [0.25, 0.3) is 15.7 Å². The van der Waals surface area contributed by atoms with E-state index in [4.69, 9.17) is 5.73 Å². The average Bonchev–Trinajstić information content (AvgIpc) is 3.05. The number of hydrogen-bond donors (Lipinski definition) is 2. The minimum absolute atomic E-state index is 0.0840. The smallest absolute Gasteiger partial charge is 0.293 e. The topological polar surface area (TPSA) is 136 Å². The molecule has 0 unspecified atom stereocenters. The van der Waals surface area contributed by atoms with E-state index in [0.717, 1.165) is 36.8 Å². The van der Waals surface area contributed by atoms with Crippen molar-refractivity contribution in [2.24, 2.45) is 34.8 Å². The lowest BCUT2D eigenvalue weighted by Gasteiger charge is -2.63. The molecule has 0 aromatic heterocycles. The molecule has 2 bridgehead atoms. The number of amides is 1. The third-order valence-corrected chi connectivity index (χ3v) is 13.1. The number of nitrogens with two attached hydrogens (primary N) is 1. The van der Waals surface area contributed by atoms with Gasteiger partial charge in [0.1, 0.15) is 5.69 Å². The highest BCUT2D eigenvalue weighted by molar-refractivity contribution is 7.92. The highest BCUT2D eigenvalue weighted by Gasteiger charge is 2.58. The molecule has 244 valence electrons. The summed E-state index contributed by atoms with van der Waals surface area (Å²) in [6.45, 7) is 7.33. The maximum atomic E-state index is 14.6. The number of carbonyl (C=O) groups excluding carboxylic acids is 1. The van der Waals surface area contributed by atoms with Gasteiger partial charge in [-0.25, -0.2) is 8.42 Å². The first-order chi connectivity index (χ1) is 21.9. The Kier molecular flexibility index (Phi) is 8.61. The van der Waals surface area contributed by atoms with Crippen molar-refractivity contribution < 1.29 is 18.1 Å². The maximum Gasteiger partial charge on any atom is 0.293 e. The predicted octanol–water partition coefficient (Wildman–Crippen LogP) is 7.62. The molecule has 3 aromatic carbocycles. The molecule has 0 saturated heterocycles. The van der Waals surface area contributed by atoms with Gasteiger partial charge in [-0.05, 0) is 102 Å². The van der Waals surface area contributed by atoms with Crippen LogP contribution in [0.4, 0.5) is 17.1 Å². The first-order valence-corrected chi connectivity index (χ1v) is 17.9. The number of anilines is 2. The molecule has 4 aliphatic rings. The molecule has 4 aliphatic carbocycles. The van der Waals surface area contributed by atoms with E-state index in [1.54, 1.807) is 18.2 Å². The van der Waals surface area contributed by atoms with Crippen LogP contribution in [-0.2, 0) is 10.0 Å². The Bertz CT molecular complexity index is 1720. The quantitative estimate of drug-likeness (QED) is 0.172. The number of carbonyl (C=O) groups is 1. The molecule has 7 rings (SSSR count). The van der Waals surface area contributed by atoms with Gasteiger partial charge >= 0.3 is 0 Å². The fraction of sp³-hybridized carbons (Fsp3) is 0.472. The summed E-state index contributed by atoms with van der Waals surface area (Å²) < 4.78 is 30.8. The first kappa shape index (κ1) is 32.0. The van der Waals surface area contributed by atoms with Crippen LogP contribution in [0.25, 0.3) is 11.1 Å². The van der Waals surface area contributed by atoms with E-state index < -0.39 is 20.9 Å². The third kappa shape index (κ3) is 5.87. The Hall–Kier alpha value is -3.92. The summed E-state index contributed by atoms with van der Waals surface area (Å²) in [5.41, 5.74) is 8.33. The van der Waals surface area contributed by atoms with Gasteiger partial charge in [0.15, 0.2) is 0 Å². The lowest BCUT2D eigenvalue weighted by molar-refractivity contribution is -0.384. The minimum Gasteiger partial charge on any atom is -0.379 e. The molecular weight excluding hydrogens is 600 g/mol. The van der Waals surface area contributed by atoms with Crippen LogP contribution in [0.3, 0.4) is 0 Å². The van der Waals surface area contributed by atoms with Gasteiger partial charge in [0.2, 0.25) is 5.91 Å². The molecule has 9 nitrogen and oxygen atoms in total. The zero-order valence-corrected chi connectivity index (χ0v) is 27.6. The number of nitrogens with one attached hydrogen (secondary N) is 1. The van der Waals surface area contributed by atoms with Gasteiger partial charge in [0, 0.05) is 24.2 Å². The molecule has 0 aliphatic heterocycles. The summed E-state index contributed by atoms with van der Waals surface area (Å²) in [6, 6.07) is 18.3.